The van der Waals surface area contributed by atoms with Crippen LogP contribution in [0.2, 0.25) is 0 Å². The molecule has 1 aliphatic rings. The van der Waals surface area contributed by atoms with E-state index in [4.69, 9.17) is 9.47 Å². The Labute approximate surface area is 121 Å². The van der Waals surface area contributed by atoms with Crippen LogP contribution >= 0.6 is 0 Å². The molecule has 0 saturated carbocycles. The molecule has 0 spiro atoms. The lowest BCUT2D eigenvalue weighted by molar-refractivity contribution is -0.130. The highest BCUT2D eigenvalue weighted by atomic mass is 16.5. The van der Waals surface area contributed by atoms with Gasteiger partial charge in [-0.2, -0.15) is 0 Å². The van der Waals surface area contributed by atoms with Gasteiger partial charge >= 0.3 is 0 Å². The minimum atomic E-state index is -0.988. The van der Waals surface area contributed by atoms with Gasteiger partial charge in [0.2, 0.25) is 0 Å². The van der Waals surface area contributed by atoms with Crippen molar-refractivity contribution in [2.24, 2.45) is 0 Å². The Hall–Kier alpha value is -1.06. The Bertz CT molecular complexity index is 531. The van der Waals surface area contributed by atoms with Crippen molar-refractivity contribution in [3.05, 3.63) is 28.8 Å². The number of hydrogen-bond acceptors (Lipinski definition) is 3. The Morgan fingerprint density at radius 1 is 1.10 bits per heavy atom. The van der Waals surface area contributed by atoms with Crippen LogP contribution in [-0.2, 0) is 10.3 Å². The first-order valence-corrected chi connectivity index (χ1v) is 7.11. The van der Waals surface area contributed by atoms with Gasteiger partial charge < -0.3 is 14.6 Å². The van der Waals surface area contributed by atoms with Crippen LogP contribution in [0, 0.1) is 13.8 Å². The van der Waals surface area contributed by atoms with Crippen molar-refractivity contribution in [2.45, 2.75) is 64.8 Å². The highest BCUT2D eigenvalue weighted by Crippen LogP contribution is 2.52. The molecular weight excluding hydrogens is 252 g/mol. The van der Waals surface area contributed by atoms with Gasteiger partial charge in [0.25, 0.3) is 0 Å². The molecule has 1 saturated heterocycles. The molecule has 0 radical (unpaired) electrons. The molecule has 1 fully saturated rings. The maximum absolute atomic E-state index is 11.3. The number of ether oxygens (including phenoxy) is 2. The molecule has 112 valence electrons. The maximum atomic E-state index is 11.3. The summed E-state index contributed by atoms with van der Waals surface area (Å²) in [6.45, 7) is 12.0. The molecular formula is C17H26O3. The molecule has 3 heteroatoms. The second-order valence-electron chi connectivity index (χ2n) is 7.05. The summed E-state index contributed by atoms with van der Waals surface area (Å²) in [4.78, 5) is 0. The van der Waals surface area contributed by atoms with Crippen molar-refractivity contribution in [3.63, 3.8) is 0 Å². The van der Waals surface area contributed by atoms with Crippen LogP contribution in [0.4, 0.5) is 0 Å². The maximum Gasteiger partial charge on any atom is 0.122 e. The van der Waals surface area contributed by atoms with E-state index in [1.54, 1.807) is 7.11 Å². The summed E-state index contributed by atoms with van der Waals surface area (Å²) in [6.07, 6.45) is 0.583. The van der Waals surface area contributed by atoms with E-state index < -0.39 is 11.2 Å². The number of aryl methyl sites for hydroxylation is 2. The monoisotopic (exact) mass is 278 g/mol. The number of benzene rings is 1. The van der Waals surface area contributed by atoms with Crippen LogP contribution in [0.3, 0.4) is 0 Å². The van der Waals surface area contributed by atoms with Gasteiger partial charge in [-0.15, -0.1) is 0 Å². The number of rotatable bonds is 2. The SMILES string of the molecule is COc1cc(C)c(C2(O)CC(C)(C)OC2(C)C)cc1C. The van der Waals surface area contributed by atoms with Gasteiger partial charge in [0.05, 0.1) is 18.3 Å². The number of methoxy groups -OCH3 is 1. The fourth-order valence-electron chi connectivity index (χ4n) is 3.51. The van der Waals surface area contributed by atoms with E-state index in [0.717, 1.165) is 22.4 Å². The molecule has 2 rings (SSSR count). The highest BCUT2D eigenvalue weighted by molar-refractivity contribution is 5.45. The molecule has 0 aromatic heterocycles. The summed E-state index contributed by atoms with van der Waals surface area (Å²) in [5.74, 6) is 0.853. The fraction of sp³-hybridized carbons (Fsp3) is 0.647. The second kappa shape index (κ2) is 4.47. The second-order valence-corrected chi connectivity index (χ2v) is 7.05. The summed E-state index contributed by atoms with van der Waals surface area (Å²) in [5, 5.41) is 11.3. The van der Waals surface area contributed by atoms with Crippen LogP contribution in [0.1, 0.15) is 50.8 Å². The van der Waals surface area contributed by atoms with Crippen molar-refractivity contribution in [3.8, 4) is 5.75 Å². The lowest BCUT2D eigenvalue weighted by Gasteiger charge is -2.36. The lowest BCUT2D eigenvalue weighted by Crippen LogP contribution is -2.44. The zero-order valence-electron chi connectivity index (χ0n) is 13.6. The summed E-state index contributed by atoms with van der Waals surface area (Å²) >= 11 is 0. The molecule has 0 amide bonds. The topological polar surface area (TPSA) is 38.7 Å². The zero-order chi connectivity index (χ0) is 15.3. The Balaban J connectivity index is 2.58. The summed E-state index contributed by atoms with van der Waals surface area (Å²) in [6, 6.07) is 4.02. The molecule has 3 nitrogen and oxygen atoms in total. The zero-order valence-corrected chi connectivity index (χ0v) is 13.6. The predicted octanol–water partition coefficient (Wildman–Crippen LogP) is 3.48. The third kappa shape index (κ3) is 2.23. The van der Waals surface area contributed by atoms with E-state index in [-0.39, 0.29) is 5.60 Å². The van der Waals surface area contributed by atoms with Crippen molar-refractivity contribution in [1.29, 1.82) is 0 Å². The van der Waals surface area contributed by atoms with Crippen molar-refractivity contribution < 1.29 is 14.6 Å². The van der Waals surface area contributed by atoms with Gasteiger partial charge in [-0.25, -0.2) is 0 Å². The first kappa shape index (κ1) is 15.3. The Morgan fingerprint density at radius 2 is 1.70 bits per heavy atom. The van der Waals surface area contributed by atoms with E-state index in [1.165, 1.54) is 0 Å². The standard InChI is InChI=1S/C17H26O3/c1-11-9-14(19-7)12(2)8-13(11)17(18)10-15(3,4)20-16(17,5)6/h8-9,18H,10H2,1-7H3. The molecule has 1 aromatic rings. The summed E-state index contributed by atoms with van der Waals surface area (Å²) in [7, 11) is 1.67. The third-order valence-corrected chi connectivity index (χ3v) is 4.40. The van der Waals surface area contributed by atoms with Gasteiger partial charge in [-0.3, -0.25) is 0 Å². The van der Waals surface area contributed by atoms with Gasteiger partial charge in [-0.1, -0.05) is 0 Å². The van der Waals surface area contributed by atoms with Crippen molar-refractivity contribution in [1.82, 2.24) is 0 Å². The first-order chi connectivity index (χ1) is 9.02. The molecule has 20 heavy (non-hydrogen) atoms. The van der Waals surface area contributed by atoms with Crippen molar-refractivity contribution in [2.75, 3.05) is 7.11 Å². The summed E-state index contributed by atoms with van der Waals surface area (Å²) < 4.78 is 11.4. The van der Waals surface area contributed by atoms with Gasteiger partial charge in [0.1, 0.15) is 11.4 Å². The number of hydrogen-bond donors (Lipinski definition) is 1. The highest BCUT2D eigenvalue weighted by Gasteiger charge is 2.57. The molecule has 1 atom stereocenters. The van der Waals surface area contributed by atoms with E-state index in [1.807, 2.05) is 53.7 Å². The molecule has 0 aliphatic carbocycles. The minimum absolute atomic E-state index is 0.335. The summed E-state index contributed by atoms with van der Waals surface area (Å²) in [5.41, 5.74) is 1.05. The van der Waals surface area contributed by atoms with E-state index >= 15 is 0 Å². The number of aliphatic hydroxyl groups is 1. The molecule has 1 aromatic carbocycles. The molecule has 1 aliphatic heterocycles. The van der Waals surface area contributed by atoms with E-state index in [2.05, 4.69) is 0 Å². The molecule has 0 bridgehead atoms. The van der Waals surface area contributed by atoms with E-state index in [9.17, 15) is 5.11 Å². The first-order valence-electron chi connectivity index (χ1n) is 7.11. The Morgan fingerprint density at radius 3 is 2.15 bits per heavy atom. The van der Waals surface area contributed by atoms with Gasteiger partial charge in [-0.05, 0) is 70.4 Å². The van der Waals surface area contributed by atoms with Gasteiger partial charge in [0, 0.05) is 6.42 Å². The largest absolute Gasteiger partial charge is 0.496 e. The molecule has 1 heterocycles. The average molecular weight is 278 g/mol. The quantitative estimate of drug-likeness (QED) is 0.900. The van der Waals surface area contributed by atoms with Crippen LogP contribution in [0.5, 0.6) is 5.75 Å². The average Bonchev–Trinajstić information content (AvgIpc) is 2.45. The lowest BCUT2D eigenvalue weighted by atomic mass is 9.75. The van der Waals surface area contributed by atoms with Crippen molar-refractivity contribution >= 4 is 0 Å². The third-order valence-electron chi connectivity index (χ3n) is 4.40. The van der Waals surface area contributed by atoms with E-state index in [0.29, 0.717) is 6.42 Å². The normalized spacial score (nSPS) is 27.6. The Kier molecular flexibility index (Phi) is 3.43. The van der Waals surface area contributed by atoms with Crippen LogP contribution in [0.25, 0.3) is 0 Å². The fourth-order valence-corrected chi connectivity index (χ4v) is 3.51. The van der Waals surface area contributed by atoms with Crippen LogP contribution in [0.15, 0.2) is 12.1 Å². The van der Waals surface area contributed by atoms with Gasteiger partial charge in [0.15, 0.2) is 0 Å². The predicted molar refractivity (Wildman–Crippen MR) is 80.2 cm³/mol. The van der Waals surface area contributed by atoms with Crippen LogP contribution < -0.4 is 4.74 Å². The molecule has 1 N–H and O–H groups in total. The minimum Gasteiger partial charge on any atom is -0.496 e. The van der Waals surface area contributed by atoms with Crippen LogP contribution in [-0.4, -0.2) is 23.4 Å². The smallest absolute Gasteiger partial charge is 0.122 e. The molecule has 1 unspecified atom stereocenters.